The minimum absolute atomic E-state index is 0.313. The Hall–Kier alpha value is -6.64. The summed E-state index contributed by atoms with van der Waals surface area (Å²) >= 11 is 0. The van der Waals surface area contributed by atoms with Crippen LogP contribution in [-0.4, -0.2) is 17.0 Å². The van der Waals surface area contributed by atoms with Gasteiger partial charge in [0.25, 0.3) is 0 Å². The van der Waals surface area contributed by atoms with Crippen molar-refractivity contribution in [3.05, 3.63) is 233 Å². The molecule has 0 amide bonds. The number of benzene rings is 5. The largest absolute Gasteiger partial charge is 0.361 e. The number of para-hydroxylation sites is 1. The summed E-state index contributed by atoms with van der Waals surface area (Å²) in [6.07, 6.45) is 52.1. The van der Waals surface area contributed by atoms with E-state index in [9.17, 15) is 0 Å². The highest BCUT2D eigenvalue weighted by Gasteiger charge is 2.34. The topological polar surface area (TPSA) is 6.48 Å². The Morgan fingerprint density at radius 3 is 2.34 bits per heavy atom. The molecule has 0 saturated heterocycles. The Balaban J connectivity index is 0.870. The molecule has 2 heteroatoms. The van der Waals surface area contributed by atoms with Crippen molar-refractivity contribution in [1.29, 1.82) is 0 Å². The van der Waals surface area contributed by atoms with Gasteiger partial charge in [-0.05, 0) is 135 Å². The third-order valence-corrected chi connectivity index (χ3v) is 14.6. The van der Waals surface area contributed by atoms with Crippen LogP contribution in [0.25, 0.3) is 39.3 Å². The van der Waals surface area contributed by atoms with Crippen molar-refractivity contribution in [1.82, 2.24) is 4.90 Å². The van der Waals surface area contributed by atoms with Crippen LogP contribution in [0.4, 0.5) is 11.4 Å². The van der Waals surface area contributed by atoms with Crippen molar-refractivity contribution in [3.63, 3.8) is 0 Å². The van der Waals surface area contributed by atoms with Crippen LogP contribution >= 0.6 is 0 Å². The second-order valence-electron chi connectivity index (χ2n) is 18.0. The van der Waals surface area contributed by atoms with E-state index in [2.05, 4.69) is 210 Å². The number of allylic oxidation sites excluding steroid dienone is 16. The molecule has 5 unspecified atom stereocenters. The lowest BCUT2D eigenvalue weighted by molar-refractivity contribution is 0.218. The Labute approximate surface area is 366 Å². The van der Waals surface area contributed by atoms with Gasteiger partial charge >= 0.3 is 0 Å². The number of hydrogen-bond donors (Lipinski definition) is 0. The van der Waals surface area contributed by atoms with Gasteiger partial charge in [-0.15, -0.1) is 0 Å². The van der Waals surface area contributed by atoms with Crippen molar-refractivity contribution in [2.75, 3.05) is 4.90 Å². The van der Waals surface area contributed by atoms with Gasteiger partial charge in [0.05, 0.1) is 12.1 Å². The molecule has 0 N–H and O–H groups in total. The first-order valence-corrected chi connectivity index (χ1v) is 23.0. The summed E-state index contributed by atoms with van der Waals surface area (Å²) < 4.78 is 0. The molecule has 0 aromatic heterocycles. The van der Waals surface area contributed by atoms with Crippen molar-refractivity contribution in [3.8, 4) is 0 Å². The Morgan fingerprint density at radius 1 is 0.581 bits per heavy atom. The standard InChI is InChI=1S/C60H52N2/c1-3-17-47(18-4-1)61(57-23-11-15-41-13-7-9-21-53(41)57)49-33-25-43(26-34-49)51-37-29-45-32-40-56-52(38-30-46-31-39-55(51)59(45)60(46)56)44-27-35-50(36-28-44)62(48-19-5-2-6-20-48)58-24-12-16-42-14-8-10-22-54(42)58/h1-9,11-17,19-21,23-27,29-33,35,38-41,47,49,51,53H,10,18,22,28,34,36-37H2. The van der Waals surface area contributed by atoms with Crippen LogP contribution in [0.5, 0.6) is 0 Å². The number of nitrogens with zero attached hydrogens (tertiary/aromatic N) is 2. The SMILES string of the molecule is C1=CCC(N(C2=CC=CC3C=CC=CC23)C2C=CC(C3CC=c4ccc5c(C6=CC=C(N(c7ccccc7)c7cccc8c7CCC=C8)CC6)ccc6ccc3c4c65)=CC2)C=C1. The second kappa shape index (κ2) is 15.7. The van der Waals surface area contributed by atoms with E-state index in [1.165, 1.54) is 82.9 Å². The van der Waals surface area contributed by atoms with Gasteiger partial charge in [-0.2, -0.15) is 0 Å². The molecule has 0 fully saturated rings. The first-order chi connectivity index (χ1) is 30.8. The molecule has 0 aliphatic heterocycles. The summed E-state index contributed by atoms with van der Waals surface area (Å²) in [4.78, 5) is 5.25. The third kappa shape index (κ3) is 6.39. The molecule has 0 radical (unpaired) electrons. The maximum atomic E-state index is 2.73. The summed E-state index contributed by atoms with van der Waals surface area (Å²) in [5.41, 5.74) is 13.9. The molecule has 0 saturated carbocycles. The molecule has 5 aromatic carbocycles. The van der Waals surface area contributed by atoms with Crippen LogP contribution in [0.2, 0.25) is 0 Å². The van der Waals surface area contributed by atoms with E-state index in [0.29, 0.717) is 29.8 Å². The zero-order valence-electron chi connectivity index (χ0n) is 35.3. The summed E-state index contributed by atoms with van der Waals surface area (Å²) in [5.74, 6) is 1.15. The zero-order valence-corrected chi connectivity index (χ0v) is 35.3. The molecule has 12 rings (SSSR count). The molecule has 5 atom stereocenters. The van der Waals surface area contributed by atoms with E-state index in [0.717, 1.165) is 44.9 Å². The number of fused-ring (bicyclic) bond motifs is 2. The van der Waals surface area contributed by atoms with Crippen LogP contribution in [0.15, 0.2) is 205 Å². The van der Waals surface area contributed by atoms with Crippen molar-refractivity contribution in [2.24, 2.45) is 11.8 Å². The molecule has 0 heterocycles. The van der Waals surface area contributed by atoms with E-state index in [4.69, 9.17) is 0 Å². The molecule has 62 heavy (non-hydrogen) atoms. The fourth-order valence-electron chi connectivity index (χ4n) is 11.6. The maximum Gasteiger partial charge on any atom is 0.0514 e. The van der Waals surface area contributed by atoms with E-state index in [1.54, 1.807) is 0 Å². The maximum absolute atomic E-state index is 2.73. The molecule has 7 aliphatic carbocycles. The van der Waals surface area contributed by atoms with Gasteiger partial charge in [0.1, 0.15) is 0 Å². The van der Waals surface area contributed by atoms with Gasteiger partial charge in [-0.1, -0.05) is 170 Å². The van der Waals surface area contributed by atoms with E-state index in [-0.39, 0.29) is 0 Å². The highest BCUT2D eigenvalue weighted by Crippen LogP contribution is 2.45. The summed E-state index contributed by atoms with van der Waals surface area (Å²) in [7, 11) is 0. The lowest BCUT2D eigenvalue weighted by Crippen LogP contribution is -2.44. The van der Waals surface area contributed by atoms with Gasteiger partial charge < -0.3 is 9.80 Å². The second-order valence-corrected chi connectivity index (χ2v) is 18.0. The Morgan fingerprint density at radius 2 is 1.47 bits per heavy atom. The quantitative estimate of drug-likeness (QED) is 0.154. The lowest BCUT2D eigenvalue weighted by atomic mass is 9.77. The third-order valence-electron chi connectivity index (χ3n) is 14.6. The van der Waals surface area contributed by atoms with Crippen molar-refractivity contribution >= 4 is 50.6 Å². The minimum atomic E-state index is 0.313. The Bertz CT molecular complexity index is 3030. The highest BCUT2D eigenvalue weighted by atomic mass is 15.2. The molecule has 2 nitrogen and oxygen atoms in total. The molecule has 5 aromatic rings. The molecule has 302 valence electrons. The van der Waals surface area contributed by atoms with E-state index < -0.39 is 0 Å². The summed E-state index contributed by atoms with van der Waals surface area (Å²) in [6, 6.07) is 32.8. The molecular formula is C60H52N2. The van der Waals surface area contributed by atoms with E-state index in [1.807, 2.05) is 0 Å². The molecular weight excluding hydrogens is 749 g/mol. The predicted octanol–water partition coefficient (Wildman–Crippen LogP) is 14.1. The van der Waals surface area contributed by atoms with Crippen LogP contribution in [0, 0.1) is 11.8 Å². The normalized spacial score (nSPS) is 24.2. The van der Waals surface area contributed by atoms with Gasteiger partial charge in [-0.3, -0.25) is 0 Å². The first-order valence-electron chi connectivity index (χ1n) is 23.0. The molecule has 0 bridgehead atoms. The van der Waals surface area contributed by atoms with Crippen LogP contribution in [0.3, 0.4) is 0 Å². The minimum Gasteiger partial charge on any atom is -0.361 e. The molecule has 0 spiro atoms. The predicted molar refractivity (Wildman–Crippen MR) is 263 cm³/mol. The fourth-order valence-corrected chi connectivity index (χ4v) is 11.6. The first kappa shape index (κ1) is 37.1. The van der Waals surface area contributed by atoms with Gasteiger partial charge in [0.15, 0.2) is 0 Å². The fraction of sp³-hybridized carbons (Fsp3) is 0.200. The van der Waals surface area contributed by atoms with Gasteiger partial charge in [0, 0.05) is 40.5 Å². The average molecular weight is 801 g/mol. The lowest BCUT2D eigenvalue weighted by Gasteiger charge is -2.44. The van der Waals surface area contributed by atoms with Crippen LogP contribution in [-0.2, 0) is 6.42 Å². The summed E-state index contributed by atoms with van der Waals surface area (Å²) in [5, 5.41) is 6.97. The molecule has 7 aliphatic rings. The van der Waals surface area contributed by atoms with Gasteiger partial charge in [0.2, 0.25) is 0 Å². The van der Waals surface area contributed by atoms with Crippen LogP contribution in [0.1, 0.15) is 66.7 Å². The van der Waals surface area contributed by atoms with Crippen molar-refractivity contribution in [2.45, 2.75) is 62.9 Å². The summed E-state index contributed by atoms with van der Waals surface area (Å²) in [6.45, 7) is 0. The van der Waals surface area contributed by atoms with Crippen LogP contribution < -0.4 is 10.1 Å². The number of rotatable bonds is 8. The van der Waals surface area contributed by atoms with Gasteiger partial charge in [-0.25, -0.2) is 0 Å². The van der Waals surface area contributed by atoms with Crippen molar-refractivity contribution < 1.29 is 0 Å². The smallest absolute Gasteiger partial charge is 0.0514 e. The highest BCUT2D eigenvalue weighted by molar-refractivity contribution is 6.15. The van der Waals surface area contributed by atoms with E-state index >= 15 is 0 Å². The Kier molecular flexibility index (Phi) is 9.39. The number of hydrogen-bond acceptors (Lipinski definition) is 2. The average Bonchev–Trinajstić information content (AvgIpc) is 3.35. The monoisotopic (exact) mass is 800 g/mol. The number of anilines is 2. The zero-order chi connectivity index (χ0) is 41.0.